The first-order valence-corrected chi connectivity index (χ1v) is 5.04. The van der Waals surface area contributed by atoms with E-state index in [4.69, 9.17) is 0 Å². The quantitative estimate of drug-likeness (QED) is 0.678. The Balaban J connectivity index is 2.77. The van der Waals surface area contributed by atoms with E-state index in [1.165, 1.54) is 22.0 Å². The second-order valence-electron chi connectivity index (χ2n) is 2.71. The van der Waals surface area contributed by atoms with E-state index in [1.807, 2.05) is 11.3 Å². The van der Waals surface area contributed by atoms with E-state index in [1.54, 1.807) is 0 Å². The summed E-state index contributed by atoms with van der Waals surface area (Å²) in [5.74, 6) is 0. The van der Waals surface area contributed by atoms with Gasteiger partial charge in [0.15, 0.2) is 0 Å². The summed E-state index contributed by atoms with van der Waals surface area (Å²) in [7, 11) is 0. The summed E-state index contributed by atoms with van der Waals surface area (Å²) in [5.41, 5.74) is 1.29. The molecule has 1 heterocycles. The van der Waals surface area contributed by atoms with Crippen molar-refractivity contribution < 1.29 is 0 Å². The zero-order valence-electron chi connectivity index (χ0n) is 7.48. The van der Waals surface area contributed by atoms with Crippen LogP contribution in [0.3, 0.4) is 0 Å². The second-order valence-corrected chi connectivity index (χ2v) is 4.00. The summed E-state index contributed by atoms with van der Waals surface area (Å²) in [4.78, 5) is 5.94. The van der Waals surface area contributed by atoms with E-state index in [9.17, 15) is 0 Å². The third kappa shape index (κ3) is 2.03. The van der Waals surface area contributed by atoms with Crippen molar-refractivity contribution in [1.82, 2.24) is 4.98 Å². The van der Waals surface area contributed by atoms with Crippen molar-refractivity contribution in [3.63, 3.8) is 0 Å². The Morgan fingerprint density at radius 2 is 2.09 bits per heavy atom. The molecule has 0 amide bonds. The molecular formula is C9H15NS. The number of rotatable bonds is 3. The molecule has 0 unspecified atom stereocenters. The van der Waals surface area contributed by atoms with Crippen LogP contribution in [0.2, 0.25) is 0 Å². The highest BCUT2D eigenvalue weighted by atomic mass is 32.1. The predicted molar refractivity (Wildman–Crippen MR) is 50.2 cm³/mol. The number of nitrogens with zero attached hydrogens (tertiary/aromatic N) is 1. The number of hydrogen-bond acceptors (Lipinski definition) is 2. The molecule has 0 N–H and O–H groups in total. The minimum absolute atomic E-state index is 1.08. The van der Waals surface area contributed by atoms with E-state index in [-0.39, 0.29) is 0 Å². The van der Waals surface area contributed by atoms with Crippen LogP contribution in [0.25, 0.3) is 0 Å². The van der Waals surface area contributed by atoms with Crippen molar-refractivity contribution in [2.75, 3.05) is 0 Å². The molecule has 2 heteroatoms. The maximum Gasteiger partial charge on any atom is 0.0930 e. The Hall–Kier alpha value is -0.370. The number of hydrogen-bond donors (Lipinski definition) is 0. The topological polar surface area (TPSA) is 12.9 Å². The third-order valence-corrected chi connectivity index (χ3v) is 2.81. The predicted octanol–water partition coefficient (Wildman–Crippen LogP) is 2.97. The molecule has 0 saturated heterocycles. The molecule has 0 fully saturated rings. The molecule has 0 aliphatic rings. The van der Waals surface area contributed by atoms with Crippen molar-refractivity contribution in [3.8, 4) is 0 Å². The lowest BCUT2D eigenvalue weighted by molar-refractivity contribution is 0.892. The lowest BCUT2D eigenvalue weighted by atomic mass is 10.3. The minimum atomic E-state index is 1.08. The molecule has 0 aromatic carbocycles. The van der Waals surface area contributed by atoms with Crippen molar-refractivity contribution in [2.45, 2.75) is 40.0 Å². The van der Waals surface area contributed by atoms with Crippen molar-refractivity contribution >= 4 is 11.3 Å². The van der Waals surface area contributed by atoms with Gasteiger partial charge < -0.3 is 0 Å². The molecule has 0 bridgehead atoms. The molecular weight excluding hydrogens is 154 g/mol. The number of aromatic nitrogens is 1. The fourth-order valence-electron chi connectivity index (χ4n) is 1.14. The van der Waals surface area contributed by atoms with Gasteiger partial charge in [-0.15, -0.1) is 11.3 Å². The van der Waals surface area contributed by atoms with Crippen LogP contribution >= 0.6 is 11.3 Å². The van der Waals surface area contributed by atoms with Crippen LogP contribution in [0.4, 0.5) is 0 Å². The Labute approximate surface area is 72.5 Å². The lowest BCUT2D eigenvalue weighted by Crippen LogP contribution is -1.84. The molecule has 62 valence electrons. The van der Waals surface area contributed by atoms with Crippen molar-refractivity contribution in [3.05, 3.63) is 15.6 Å². The Morgan fingerprint density at radius 3 is 2.55 bits per heavy atom. The van der Waals surface area contributed by atoms with Crippen LogP contribution in [0, 0.1) is 6.92 Å². The Bertz CT molecular complexity index is 227. The Morgan fingerprint density at radius 1 is 1.36 bits per heavy atom. The maximum atomic E-state index is 4.54. The van der Waals surface area contributed by atoms with Crippen LogP contribution in [-0.2, 0) is 12.8 Å². The SMILES string of the molecule is CCCc1nc(CC)c(C)s1. The average Bonchev–Trinajstić information content (AvgIpc) is 2.32. The molecule has 11 heavy (non-hydrogen) atoms. The van der Waals surface area contributed by atoms with Gasteiger partial charge in [0.25, 0.3) is 0 Å². The van der Waals surface area contributed by atoms with Gasteiger partial charge in [-0.25, -0.2) is 4.98 Å². The van der Waals surface area contributed by atoms with E-state index in [2.05, 4.69) is 25.8 Å². The molecule has 0 spiro atoms. The molecule has 0 aliphatic carbocycles. The van der Waals surface area contributed by atoms with Gasteiger partial charge in [-0.2, -0.15) is 0 Å². The van der Waals surface area contributed by atoms with Gasteiger partial charge in [0.05, 0.1) is 10.7 Å². The highest BCUT2D eigenvalue weighted by molar-refractivity contribution is 7.11. The fourth-order valence-corrected chi connectivity index (χ4v) is 2.26. The van der Waals surface area contributed by atoms with E-state index >= 15 is 0 Å². The van der Waals surface area contributed by atoms with Gasteiger partial charge in [0.1, 0.15) is 0 Å². The molecule has 1 rings (SSSR count). The van der Waals surface area contributed by atoms with Gasteiger partial charge in [-0.1, -0.05) is 13.8 Å². The first kappa shape index (κ1) is 8.72. The van der Waals surface area contributed by atoms with E-state index < -0.39 is 0 Å². The first-order valence-electron chi connectivity index (χ1n) is 4.23. The summed E-state index contributed by atoms with van der Waals surface area (Å²) >= 11 is 1.85. The van der Waals surface area contributed by atoms with E-state index in [0.717, 1.165) is 12.8 Å². The van der Waals surface area contributed by atoms with Gasteiger partial charge in [0.2, 0.25) is 0 Å². The summed E-state index contributed by atoms with van der Waals surface area (Å²) in [6, 6.07) is 0. The summed E-state index contributed by atoms with van der Waals surface area (Å²) in [6.07, 6.45) is 3.42. The van der Waals surface area contributed by atoms with Crippen molar-refractivity contribution in [1.29, 1.82) is 0 Å². The normalized spacial score (nSPS) is 10.5. The standard InChI is InChI=1S/C9H15NS/c1-4-6-9-10-8(5-2)7(3)11-9/h4-6H2,1-3H3. The smallest absolute Gasteiger partial charge is 0.0930 e. The fraction of sp³-hybridized carbons (Fsp3) is 0.667. The molecule has 1 aromatic heterocycles. The average molecular weight is 169 g/mol. The zero-order chi connectivity index (χ0) is 8.27. The molecule has 0 aliphatic heterocycles. The third-order valence-electron chi connectivity index (χ3n) is 1.74. The molecule has 0 radical (unpaired) electrons. The van der Waals surface area contributed by atoms with Crippen LogP contribution in [0.1, 0.15) is 35.8 Å². The van der Waals surface area contributed by atoms with Gasteiger partial charge in [0, 0.05) is 4.88 Å². The maximum absolute atomic E-state index is 4.54. The van der Waals surface area contributed by atoms with Crippen LogP contribution in [-0.4, -0.2) is 4.98 Å². The zero-order valence-corrected chi connectivity index (χ0v) is 8.29. The first-order chi connectivity index (χ1) is 5.27. The highest BCUT2D eigenvalue weighted by Crippen LogP contribution is 2.18. The molecule has 0 atom stereocenters. The highest BCUT2D eigenvalue weighted by Gasteiger charge is 2.03. The minimum Gasteiger partial charge on any atom is -0.246 e. The molecule has 1 aromatic rings. The summed E-state index contributed by atoms with van der Waals surface area (Å²) in [5, 5.41) is 1.31. The Kier molecular flexibility index (Phi) is 3.06. The van der Waals surface area contributed by atoms with Crippen LogP contribution in [0.5, 0.6) is 0 Å². The largest absolute Gasteiger partial charge is 0.246 e. The van der Waals surface area contributed by atoms with E-state index in [0.29, 0.717) is 0 Å². The molecule has 1 nitrogen and oxygen atoms in total. The molecule has 0 saturated carbocycles. The monoisotopic (exact) mass is 169 g/mol. The van der Waals surface area contributed by atoms with Crippen LogP contribution in [0.15, 0.2) is 0 Å². The summed E-state index contributed by atoms with van der Waals surface area (Å²) in [6.45, 7) is 6.52. The van der Waals surface area contributed by atoms with Crippen molar-refractivity contribution in [2.24, 2.45) is 0 Å². The van der Waals surface area contributed by atoms with Gasteiger partial charge >= 0.3 is 0 Å². The number of aryl methyl sites for hydroxylation is 3. The van der Waals surface area contributed by atoms with Gasteiger partial charge in [-0.3, -0.25) is 0 Å². The summed E-state index contributed by atoms with van der Waals surface area (Å²) < 4.78 is 0. The lowest BCUT2D eigenvalue weighted by Gasteiger charge is -1.87. The van der Waals surface area contributed by atoms with Gasteiger partial charge in [-0.05, 0) is 26.2 Å². The second kappa shape index (κ2) is 3.86. The van der Waals surface area contributed by atoms with Crippen LogP contribution < -0.4 is 0 Å². The number of thiazole rings is 1.